The summed E-state index contributed by atoms with van der Waals surface area (Å²) in [5, 5.41) is 1.06. The Morgan fingerprint density at radius 1 is 1.21 bits per heavy atom. The van der Waals surface area contributed by atoms with E-state index in [0.29, 0.717) is 29.9 Å². The molecule has 0 unspecified atom stereocenters. The topological polar surface area (TPSA) is 112 Å². The number of hydrogen-bond acceptors (Lipinski definition) is 7. The van der Waals surface area contributed by atoms with E-state index < -0.39 is 48.0 Å². The Balaban J connectivity index is 2.07. The van der Waals surface area contributed by atoms with Gasteiger partial charge in [0.2, 0.25) is 0 Å². The number of thiophene rings is 1. The highest BCUT2D eigenvalue weighted by atomic mass is 32.1. The van der Waals surface area contributed by atoms with Crippen molar-refractivity contribution in [1.82, 2.24) is 19.6 Å². The van der Waals surface area contributed by atoms with Gasteiger partial charge < -0.3 is 9.47 Å². The van der Waals surface area contributed by atoms with E-state index in [1.165, 1.54) is 0 Å². The molecule has 0 bridgehead atoms. The van der Waals surface area contributed by atoms with Crippen LogP contribution in [0.4, 0.5) is 18.0 Å². The second kappa shape index (κ2) is 11.2. The van der Waals surface area contributed by atoms with Crippen molar-refractivity contribution < 1.29 is 32.2 Å². The van der Waals surface area contributed by atoms with Crippen LogP contribution < -0.4 is 16.7 Å². The molecule has 1 saturated carbocycles. The number of nitrogens with zero attached hydrogens (tertiary/aromatic N) is 3. The number of hydrogen-bond donors (Lipinski definition) is 1. The minimum Gasteiger partial charge on any atom is -0.501 e. The average Bonchev–Trinajstić information content (AvgIpc) is 3.55. The summed E-state index contributed by atoms with van der Waals surface area (Å²) in [6.45, 7) is 7.67. The Morgan fingerprint density at radius 3 is 2.42 bits per heavy atom. The molecule has 1 aliphatic rings. The fraction of sp³-hybridized carbons (Fsp3) is 0.583. The predicted octanol–water partition coefficient (Wildman–Crippen LogP) is 4.14. The van der Waals surface area contributed by atoms with Crippen LogP contribution in [0.2, 0.25) is 0 Å². The number of amides is 2. The van der Waals surface area contributed by atoms with Crippen LogP contribution in [0.3, 0.4) is 0 Å². The zero-order valence-corrected chi connectivity index (χ0v) is 22.6. The van der Waals surface area contributed by atoms with Crippen molar-refractivity contribution in [2.75, 3.05) is 6.61 Å². The van der Waals surface area contributed by atoms with Crippen molar-refractivity contribution in [3.8, 4) is 0 Å². The predicted molar refractivity (Wildman–Crippen MR) is 135 cm³/mol. The number of carbonyl (C=O) groups excluding carboxylic acids is 2. The van der Waals surface area contributed by atoms with E-state index in [2.05, 4.69) is 5.43 Å². The molecule has 1 fully saturated rings. The molecule has 0 aliphatic heterocycles. The maximum absolute atomic E-state index is 13.3. The van der Waals surface area contributed by atoms with Crippen molar-refractivity contribution >= 4 is 33.6 Å². The number of alkyl halides is 3. The highest BCUT2D eigenvalue weighted by Crippen LogP contribution is 2.35. The van der Waals surface area contributed by atoms with E-state index in [-0.39, 0.29) is 22.8 Å². The Bertz CT molecular complexity index is 1350. The van der Waals surface area contributed by atoms with Crippen LogP contribution in [0.15, 0.2) is 21.9 Å². The third-order valence-corrected chi connectivity index (χ3v) is 6.84. The Hall–Kier alpha value is -3.29. The Morgan fingerprint density at radius 2 is 1.87 bits per heavy atom. The SMILES string of the molecule is CCOC=CC(=O)N(Cc1sc2c(c1C)c(=O)n(C1CC1)c(=O)n2CCC(F)(F)F)NC(=O)OC(C)(C)C. The highest BCUT2D eigenvalue weighted by Gasteiger charge is 2.33. The number of rotatable bonds is 8. The number of aromatic nitrogens is 2. The molecule has 1 N–H and O–H groups in total. The molecule has 38 heavy (non-hydrogen) atoms. The fourth-order valence-electron chi connectivity index (χ4n) is 3.67. The second-order valence-electron chi connectivity index (χ2n) is 9.83. The van der Waals surface area contributed by atoms with Crippen molar-refractivity contribution in [2.24, 2.45) is 0 Å². The summed E-state index contributed by atoms with van der Waals surface area (Å²) in [7, 11) is 0. The molecule has 2 aromatic heterocycles. The number of ether oxygens (including phenoxy) is 2. The summed E-state index contributed by atoms with van der Waals surface area (Å²) in [6, 6.07) is -0.352. The average molecular weight is 561 g/mol. The number of nitrogens with one attached hydrogen (secondary N) is 1. The van der Waals surface area contributed by atoms with Crippen molar-refractivity contribution in [1.29, 1.82) is 0 Å². The monoisotopic (exact) mass is 560 g/mol. The number of fused-ring (bicyclic) bond motifs is 1. The molecular formula is C24H31F3N4O6S. The normalized spacial score (nSPS) is 14.2. The van der Waals surface area contributed by atoms with E-state index >= 15 is 0 Å². The minimum absolute atomic E-state index is 0.0863. The van der Waals surface area contributed by atoms with Gasteiger partial charge in [0, 0.05) is 23.5 Å². The van der Waals surface area contributed by atoms with Crippen LogP contribution in [0, 0.1) is 6.92 Å². The lowest BCUT2D eigenvalue weighted by Gasteiger charge is -2.25. The van der Waals surface area contributed by atoms with Gasteiger partial charge in [-0.3, -0.25) is 18.7 Å². The summed E-state index contributed by atoms with van der Waals surface area (Å²) < 4.78 is 51.4. The molecule has 0 atom stereocenters. The van der Waals surface area contributed by atoms with Crippen LogP contribution in [-0.2, 0) is 27.4 Å². The third-order valence-electron chi connectivity index (χ3n) is 5.54. The van der Waals surface area contributed by atoms with Gasteiger partial charge in [-0.2, -0.15) is 13.2 Å². The van der Waals surface area contributed by atoms with E-state index in [0.717, 1.165) is 37.8 Å². The summed E-state index contributed by atoms with van der Waals surface area (Å²) in [5.74, 6) is -0.675. The smallest absolute Gasteiger partial charge is 0.426 e. The lowest BCUT2D eigenvalue weighted by atomic mass is 10.2. The maximum atomic E-state index is 13.3. The molecule has 0 aromatic carbocycles. The van der Waals surface area contributed by atoms with Crippen LogP contribution in [-0.4, -0.2) is 44.5 Å². The van der Waals surface area contributed by atoms with Gasteiger partial charge in [-0.15, -0.1) is 11.3 Å². The van der Waals surface area contributed by atoms with E-state index in [4.69, 9.17) is 9.47 Å². The summed E-state index contributed by atoms with van der Waals surface area (Å²) in [5.41, 5.74) is 0.553. The van der Waals surface area contributed by atoms with Gasteiger partial charge in [0.1, 0.15) is 10.4 Å². The zero-order valence-electron chi connectivity index (χ0n) is 21.8. The van der Waals surface area contributed by atoms with Crippen LogP contribution in [0.5, 0.6) is 0 Å². The van der Waals surface area contributed by atoms with Gasteiger partial charge in [-0.1, -0.05) is 0 Å². The lowest BCUT2D eigenvalue weighted by molar-refractivity contribution is -0.136. The fourth-order valence-corrected chi connectivity index (χ4v) is 4.98. The zero-order chi connectivity index (χ0) is 28.4. The molecule has 2 heterocycles. The van der Waals surface area contributed by atoms with Crippen molar-refractivity contribution in [2.45, 2.75) is 84.8 Å². The minimum atomic E-state index is -4.51. The molecule has 2 aromatic rings. The van der Waals surface area contributed by atoms with E-state index in [1.807, 2.05) is 0 Å². The number of aryl methyl sites for hydroxylation is 2. The van der Waals surface area contributed by atoms with Gasteiger partial charge in [0.15, 0.2) is 0 Å². The van der Waals surface area contributed by atoms with Crippen LogP contribution >= 0.6 is 11.3 Å². The Kier molecular flexibility index (Phi) is 8.64. The number of halogens is 3. The standard InChI is InChI=1S/C24H31F3N4O6S/c1-6-36-12-9-17(32)30(28-21(34)37-23(3,4)5)13-16-14(2)18-19(33)31(15-7-8-15)22(35)29(20(18)38-16)11-10-24(25,26)27/h9,12,15H,6-8,10-11,13H2,1-5H3,(H,28,34). The number of carbonyl (C=O) groups is 2. The molecule has 0 saturated heterocycles. The molecule has 3 rings (SSSR count). The molecule has 0 radical (unpaired) electrons. The maximum Gasteiger partial charge on any atom is 0.426 e. The quantitative estimate of drug-likeness (QED) is 0.295. The van der Waals surface area contributed by atoms with Crippen LogP contribution in [0.1, 0.15) is 63.4 Å². The van der Waals surface area contributed by atoms with Crippen LogP contribution in [0.25, 0.3) is 10.2 Å². The Labute approximate surface area is 220 Å². The lowest BCUT2D eigenvalue weighted by Crippen LogP contribution is -2.47. The van der Waals surface area contributed by atoms with E-state index in [1.54, 1.807) is 34.6 Å². The van der Waals surface area contributed by atoms with Crippen molar-refractivity contribution in [3.63, 3.8) is 0 Å². The van der Waals surface area contributed by atoms with Gasteiger partial charge in [-0.25, -0.2) is 20.0 Å². The molecule has 14 heteroatoms. The van der Waals surface area contributed by atoms with Crippen molar-refractivity contribution in [3.05, 3.63) is 43.6 Å². The molecule has 10 nitrogen and oxygen atoms in total. The van der Waals surface area contributed by atoms with Gasteiger partial charge in [-0.05, 0) is 53.0 Å². The first-order chi connectivity index (χ1) is 17.6. The van der Waals surface area contributed by atoms with Gasteiger partial charge in [0.25, 0.3) is 11.5 Å². The molecule has 2 amide bonds. The van der Waals surface area contributed by atoms with Gasteiger partial charge in [0.05, 0.1) is 31.2 Å². The summed E-state index contributed by atoms with van der Waals surface area (Å²) in [4.78, 5) is 52.1. The second-order valence-corrected chi connectivity index (χ2v) is 10.9. The molecule has 0 spiro atoms. The van der Waals surface area contributed by atoms with E-state index in [9.17, 15) is 32.3 Å². The summed E-state index contributed by atoms with van der Waals surface area (Å²) in [6.07, 6.45) is -3.24. The first-order valence-electron chi connectivity index (χ1n) is 12.1. The first kappa shape index (κ1) is 29.3. The molecule has 210 valence electrons. The van der Waals surface area contributed by atoms with Gasteiger partial charge >= 0.3 is 18.0 Å². The highest BCUT2D eigenvalue weighted by molar-refractivity contribution is 7.18. The third kappa shape index (κ3) is 7.17. The summed E-state index contributed by atoms with van der Waals surface area (Å²) >= 11 is 0.926. The molecule has 1 aliphatic carbocycles. The first-order valence-corrected chi connectivity index (χ1v) is 12.9. The molecular weight excluding hydrogens is 529 g/mol. The largest absolute Gasteiger partial charge is 0.501 e. The number of hydrazine groups is 1.